The van der Waals surface area contributed by atoms with E-state index < -0.39 is 0 Å². The van der Waals surface area contributed by atoms with Gasteiger partial charge in [0.2, 0.25) is 0 Å². The van der Waals surface area contributed by atoms with E-state index in [1.54, 1.807) is 6.07 Å². The van der Waals surface area contributed by atoms with E-state index in [1.165, 1.54) is 11.8 Å². The van der Waals surface area contributed by atoms with Crippen LogP contribution >= 0.6 is 0 Å². The van der Waals surface area contributed by atoms with Crippen molar-refractivity contribution in [2.24, 2.45) is 11.7 Å². The third-order valence-corrected chi connectivity index (χ3v) is 3.25. The molecule has 0 saturated carbocycles. The van der Waals surface area contributed by atoms with E-state index in [-0.39, 0.29) is 5.82 Å². The molecule has 1 aromatic carbocycles. The minimum atomic E-state index is -0.126. The summed E-state index contributed by atoms with van der Waals surface area (Å²) in [4.78, 5) is 0. The third kappa shape index (κ3) is 1.20. The predicted molar refractivity (Wildman–Crippen MR) is 58.1 cm³/mol. The number of hydrogen-bond acceptors (Lipinski definition) is 1. The zero-order valence-electron chi connectivity index (χ0n) is 8.41. The molecule has 2 N–H and O–H groups in total. The summed E-state index contributed by atoms with van der Waals surface area (Å²) in [7, 11) is 0. The van der Waals surface area contributed by atoms with Crippen LogP contribution in [0.4, 0.5) is 4.39 Å². The first kappa shape index (κ1) is 8.92. The molecule has 0 saturated heterocycles. The van der Waals surface area contributed by atoms with Gasteiger partial charge in [0.1, 0.15) is 5.82 Å². The van der Waals surface area contributed by atoms with E-state index in [1.807, 2.05) is 12.1 Å². The van der Waals surface area contributed by atoms with Crippen molar-refractivity contribution < 1.29 is 4.39 Å². The van der Waals surface area contributed by atoms with Crippen LogP contribution in [0, 0.1) is 11.7 Å². The molecule has 2 heterocycles. The molecule has 2 aromatic rings. The molecule has 3 rings (SSSR count). The summed E-state index contributed by atoms with van der Waals surface area (Å²) in [6.07, 6.45) is 0.977. The molecule has 1 unspecified atom stereocenters. The minimum absolute atomic E-state index is 0.126. The van der Waals surface area contributed by atoms with Gasteiger partial charge in [-0.05, 0) is 37.1 Å². The lowest BCUT2D eigenvalue weighted by molar-refractivity contribution is 0.530. The van der Waals surface area contributed by atoms with Crippen LogP contribution in [0.1, 0.15) is 5.69 Å². The van der Waals surface area contributed by atoms with Crippen LogP contribution in [-0.4, -0.2) is 11.1 Å². The van der Waals surface area contributed by atoms with E-state index in [9.17, 15) is 4.39 Å². The van der Waals surface area contributed by atoms with Crippen molar-refractivity contribution in [2.75, 3.05) is 6.54 Å². The summed E-state index contributed by atoms with van der Waals surface area (Å²) in [5.41, 5.74) is 7.87. The largest absolute Gasteiger partial charge is 0.344 e. The van der Waals surface area contributed by atoms with Gasteiger partial charge in [-0.1, -0.05) is 6.07 Å². The monoisotopic (exact) mass is 204 g/mol. The second-order valence-electron chi connectivity index (χ2n) is 4.22. The van der Waals surface area contributed by atoms with Gasteiger partial charge in [-0.2, -0.15) is 0 Å². The van der Waals surface area contributed by atoms with Crippen LogP contribution in [0.2, 0.25) is 0 Å². The molecule has 0 fully saturated rings. The predicted octanol–water partition coefficient (Wildman–Crippen LogP) is 1.91. The Kier molecular flexibility index (Phi) is 1.83. The molecular weight excluding hydrogens is 191 g/mol. The van der Waals surface area contributed by atoms with Gasteiger partial charge >= 0.3 is 0 Å². The van der Waals surface area contributed by atoms with Crippen molar-refractivity contribution in [1.82, 2.24) is 4.57 Å². The summed E-state index contributed by atoms with van der Waals surface area (Å²) < 4.78 is 15.7. The Morgan fingerprint density at radius 3 is 3.13 bits per heavy atom. The number of fused-ring (bicyclic) bond motifs is 3. The molecule has 0 radical (unpaired) electrons. The lowest BCUT2D eigenvalue weighted by Gasteiger charge is -2.05. The Bertz CT molecular complexity index is 516. The van der Waals surface area contributed by atoms with Crippen LogP contribution in [-0.2, 0) is 13.0 Å². The van der Waals surface area contributed by atoms with Gasteiger partial charge in [0, 0.05) is 17.6 Å². The molecule has 0 aliphatic carbocycles. The van der Waals surface area contributed by atoms with Crippen LogP contribution in [0.3, 0.4) is 0 Å². The number of benzene rings is 1. The van der Waals surface area contributed by atoms with Gasteiger partial charge in [0.25, 0.3) is 0 Å². The van der Waals surface area contributed by atoms with Crippen molar-refractivity contribution in [1.29, 1.82) is 0 Å². The average molecular weight is 204 g/mol. The molecule has 1 aliphatic rings. The highest BCUT2D eigenvalue weighted by atomic mass is 19.1. The molecule has 3 heteroatoms. The minimum Gasteiger partial charge on any atom is -0.344 e. The first-order valence-corrected chi connectivity index (χ1v) is 5.26. The highest BCUT2D eigenvalue weighted by Gasteiger charge is 2.22. The Balaban J connectivity index is 2.19. The standard InChI is InChI=1S/C12H13FN2/c13-11-2-1-3-12-10(11)5-9-4-8(6-14)7-15(9)12/h1-3,5,8H,4,6-7,14H2. The average Bonchev–Trinajstić information content (AvgIpc) is 2.76. The smallest absolute Gasteiger partial charge is 0.132 e. The van der Waals surface area contributed by atoms with Crippen LogP contribution < -0.4 is 5.73 Å². The molecule has 1 aliphatic heterocycles. The van der Waals surface area contributed by atoms with E-state index in [0.717, 1.165) is 23.9 Å². The molecule has 0 spiro atoms. The van der Waals surface area contributed by atoms with Crippen molar-refractivity contribution in [3.05, 3.63) is 35.8 Å². The molecule has 1 aromatic heterocycles. The number of halogens is 1. The van der Waals surface area contributed by atoms with Crippen molar-refractivity contribution in [2.45, 2.75) is 13.0 Å². The molecular formula is C12H13FN2. The number of nitrogens with zero attached hydrogens (tertiary/aromatic N) is 1. The maximum atomic E-state index is 13.5. The van der Waals surface area contributed by atoms with Gasteiger partial charge in [0.05, 0.1) is 5.52 Å². The first-order chi connectivity index (χ1) is 7.29. The number of aromatic nitrogens is 1. The fourth-order valence-electron chi connectivity index (χ4n) is 2.46. The molecule has 2 nitrogen and oxygen atoms in total. The van der Waals surface area contributed by atoms with Crippen LogP contribution in [0.5, 0.6) is 0 Å². The zero-order chi connectivity index (χ0) is 10.4. The van der Waals surface area contributed by atoms with Gasteiger partial charge in [-0.3, -0.25) is 0 Å². The molecule has 0 amide bonds. The Morgan fingerprint density at radius 1 is 1.47 bits per heavy atom. The summed E-state index contributed by atoms with van der Waals surface area (Å²) in [5, 5.41) is 0.739. The quantitative estimate of drug-likeness (QED) is 0.755. The molecule has 15 heavy (non-hydrogen) atoms. The van der Waals surface area contributed by atoms with Crippen molar-refractivity contribution in [3.63, 3.8) is 0 Å². The number of nitrogens with two attached hydrogens (primary N) is 1. The van der Waals surface area contributed by atoms with E-state index >= 15 is 0 Å². The van der Waals surface area contributed by atoms with E-state index in [0.29, 0.717) is 12.5 Å². The molecule has 1 atom stereocenters. The van der Waals surface area contributed by atoms with Gasteiger partial charge < -0.3 is 10.3 Å². The number of rotatable bonds is 1. The SMILES string of the molecule is NCC1Cc2cc3c(F)cccc3n2C1. The van der Waals surface area contributed by atoms with E-state index in [2.05, 4.69) is 4.57 Å². The lowest BCUT2D eigenvalue weighted by Crippen LogP contribution is -2.15. The normalized spacial score (nSPS) is 19.7. The summed E-state index contributed by atoms with van der Waals surface area (Å²) >= 11 is 0. The van der Waals surface area contributed by atoms with Crippen molar-refractivity contribution in [3.8, 4) is 0 Å². The second kappa shape index (κ2) is 3.07. The van der Waals surface area contributed by atoms with Crippen molar-refractivity contribution >= 4 is 10.9 Å². The molecule has 0 bridgehead atoms. The Hall–Kier alpha value is -1.35. The maximum Gasteiger partial charge on any atom is 0.132 e. The summed E-state index contributed by atoms with van der Waals surface area (Å²) in [6, 6.07) is 7.21. The second-order valence-corrected chi connectivity index (χ2v) is 4.22. The van der Waals surface area contributed by atoms with E-state index in [4.69, 9.17) is 5.73 Å². The van der Waals surface area contributed by atoms with Crippen LogP contribution in [0.25, 0.3) is 10.9 Å². The highest BCUT2D eigenvalue weighted by molar-refractivity contribution is 5.82. The fraction of sp³-hybridized carbons (Fsp3) is 0.333. The maximum absolute atomic E-state index is 13.5. The van der Waals surface area contributed by atoms with Crippen LogP contribution in [0.15, 0.2) is 24.3 Å². The Labute approximate surface area is 87.5 Å². The van der Waals surface area contributed by atoms with Gasteiger partial charge in [-0.15, -0.1) is 0 Å². The fourth-order valence-corrected chi connectivity index (χ4v) is 2.46. The first-order valence-electron chi connectivity index (χ1n) is 5.26. The summed E-state index contributed by atoms with van der Waals surface area (Å²) in [6.45, 7) is 1.64. The van der Waals surface area contributed by atoms with Gasteiger partial charge in [0.15, 0.2) is 0 Å². The van der Waals surface area contributed by atoms with Gasteiger partial charge in [-0.25, -0.2) is 4.39 Å². The number of hydrogen-bond donors (Lipinski definition) is 1. The Morgan fingerprint density at radius 2 is 2.33 bits per heavy atom. The lowest BCUT2D eigenvalue weighted by atomic mass is 10.1. The zero-order valence-corrected chi connectivity index (χ0v) is 8.41. The summed E-state index contributed by atoms with van der Waals surface area (Å²) in [5.74, 6) is 0.395. The molecule has 78 valence electrons. The third-order valence-electron chi connectivity index (χ3n) is 3.25. The highest BCUT2D eigenvalue weighted by Crippen LogP contribution is 2.29. The topological polar surface area (TPSA) is 30.9 Å².